The van der Waals surface area contributed by atoms with Crippen LogP contribution in [0.5, 0.6) is 0 Å². The Bertz CT molecular complexity index is 1730. The van der Waals surface area contributed by atoms with Gasteiger partial charge in [-0.3, -0.25) is 0 Å². The molecule has 1 heteroatoms. The highest BCUT2D eigenvalue weighted by Crippen LogP contribution is 2.46. The molecule has 0 aliphatic heterocycles. The van der Waals surface area contributed by atoms with Crippen molar-refractivity contribution < 1.29 is 4.42 Å². The number of fused-ring (bicyclic) bond motifs is 8. The summed E-state index contributed by atoms with van der Waals surface area (Å²) in [6.07, 6.45) is 0. The van der Waals surface area contributed by atoms with E-state index >= 15 is 0 Å². The minimum Gasteiger partial charge on any atom is -0.456 e. The molecule has 7 rings (SSSR count). The highest BCUT2D eigenvalue weighted by Gasteiger charge is 2.24. The maximum atomic E-state index is 6.13. The van der Waals surface area contributed by atoms with Crippen molar-refractivity contribution in [3.63, 3.8) is 0 Å². The highest BCUT2D eigenvalue weighted by atomic mass is 16.3. The van der Waals surface area contributed by atoms with E-state index in [4.69, 9.17) is 4.42 Å². The maximum Gasteiger partial charge on any atom is 0.135 e. The van der Waals surface area contributed by atoms with Crippen molar-refractivity contribution in [2.75, 3.05) is 0 Å². The molecule has 0 unspecified atom stereocenters. The summed E-state index contributed by atoms with van der Waals surface area (Å²) in [5.74, 6) is 0.347. The van der Waals surface area contributed by atoms with Gasteiger partial charge in [0.1, 0.15) is 11.2 Å². The molecule has 1 nitrogen and oxygen atoms in total. The summed E-state index contributed by atoms with van der Waals surface area (Å²) in [5, 5.41) is 2.39. The number of hydrogen-bond donors (Lipinski definition) is 0. The minimum absolute atomic E-state index is 0.347. The van der Waals surface area contributed by atoms with Crippen LogP contribution in [0.1, 0.15) is 29.5 Å². The molecule has 162 valence electrons. The number of rotatable bonds is 1. The normalized spacial score (nSPS) is 14.5. The molecule has 5 aromatic carbocycles. The summed E-state index contributed by atoms with van der Waals surface area (Å²) in [5.41, 5.74) is 13.6. The zero-order valence-corrected chi connectivity index (χ0v) is 19.3. The highest BCUT2D eigenvalue weighted by molar-refractivity contribution is 6.08. The van der Waals surface area contributed by atoms with Gasteiger partial charge in [0.25, 0.3) is 0 Å². The SMILES string of the molecule is Cc1cccc2oc3ccc(-c4ccc5c(c4)-c4ccccc4[C@H](C)c4ccccc4-5)cc3c12. The molecule has 0 saturated heterocycles. The Morgan fingerprint density at radius 1 is 0.559 bits per heavy atom. The van der Waals surface area contributed by atoms with Crippen LogP contribution in [0.15, 0.2) is 108 Å². The van der Waals surface area contributed by atoms with Gasteiger partial charge in [0, 0.05) is 16.7 Å². The predicted octanol–water partition coefficient (Wildman–Crippen LogP) is 9.36. The lowest BCUT2D eigenvalue weighted by atomic mass is 9.89. The first-order valence-corrected chi connectivity index (χ1v) is 11.9. The molecule has 0 radical (unpaired) electrons. The third-order valence-corrected chi connectivity index (χ3v) is 7.49. The molecule has 1 aromatic heterocycles. The van der Waals surface area contributed by atoms with Crippen molar-refractivity contribution in [3.8, 4) is 33.4 Å². The number of benzene rings is 5. The molecule has 0 bridgehead atoms. The van der Waals surface area contributed by atoms with Gasteiger partial charge in [0.05, 0.1) is 0 Å². The van der Waals surface area contributed by atoms with Crippen LogP contribution < -0.4 is 0 Å². The molecule has 0 N–H and O–H groups in total. The number of hydrogen-bond acceptors (Lipinski definition) is 1. The van der Waals surface area contributed by atoms with Crippen LogP contribution in [0.25, 0.3) is 55.3 Å². The molecule has 1 atom stereocenters. The van der Waals surface area contributed by atoms with E-state index in [1.54, 1.807) is 0 Å². The first-order chi connectivity index (χ1) is 16.7. The summed E-state index contributed by atoms with van der Waals surface area (Å²) in [4.78, 5) is 0. The predicted molar refractivity (Wildman–Crippen MR) is 142 cm³/mol. The largest absolute Gasteiger partial charge is 0.456 e. The van der Waals surface area contributed by atoms with E-state index in [1.165, 1.54) is 60.8 Å². The summed E-state index contributed by atoms with van der Waals surface area (Å²) < 4.78 is 6.13. The quantitative estimate of drug-likeness (QED) is 0.250. The van der Waals surface area contributed by atoms with E-state index in [1.807, 2.05) is 0 Å². The molecule has 0 amide bonds. The van der Waals surface area contributed by atoms with Crippen molar-refractivity contribution in [1.29, 1.82) is 0 Å². The van der Waals surface area contributed by atoms with E-state index in [2.05, 4.69) is 117 Å². The average Bonchev–Trinajstić information content (AvgIpc) is 3.22. The minimum atomic E-state index is 0.347. The van der Waals surface area contributed by atoms with E-state index in [0.717, 1.165) is 11.2 Å². The first kappa shape index (κ1) is 19.4. The van der Waals surface area contributed by atoms with Gasteiger partial charge >= 0.3 is 0 Å². The van der Waals surface area contributed by atoms with Crippen molar-refractivity contribution in [1.82, 2.24) is 0 Å². The molecule has 6 aromatic rings. The average molecular weight is 437 g/mol. The van der Waals surface area contributed by atoms with Gasteiger partial charge < -0.3 is 4.42 Å². The lowest BCUT2D eigenvalue weighted by Crippen LogP contribution is -1.97. The monoisotopic (exact) mass is 436 g/mol. The van der Waals surface area contributed by atoms with Gasteiger partial charge in [-0.15, -0.1) is 0 Å². The van der Waals surface area contributed by atoms with Gasteiger partial charge in [0.2, 0.25) is 0 Å². The molecular weight excluding hydrogens is 412 g/mol. The van der Waals surface area contributed by atoms with E-state index in [9.17, 15) is 0 Å². The summed E-state index contributed by atoms with van der Waals surface area (Å²) in [7, 11) is 0. The molecule has 1 aliphatic carbocycles. The van der Waals surface area contributed by atoms with Gasteiger partial charge in [-0.05, 0) is 81.3 Å². The third-order valence-electron chi connectivity index (χ3n) is 7.49. The summed E-state index contributed by atoms with van der Waals surface area (Å²) >= 11 is 0. The van der Waals surface area contributed by atoms with Crippen LogP contribution in [0.3, 0.4) is 0 Å². The fourth-order valence-corrected chi connectivity index (χ4v) is 5.77. The molecule has 0 fully saturated rings. The topological polar surface area (TPSA) is 13.1 Å². The van der Waals surface area contributed by atoms with Crippen LogP contribution in [-0.4, -0.2) is 0 Å². The molecule has 0 spiro atoms. The summed E-state index contributed by atoms with van der Waals surface area (Å²) in [6.45, 7) is 4.48. The Kier molecular flexibility index (Phi) is 4.10. The van der Waals surface area contributed by atoms with E-state index in [-0.39, 0.29) is 0 Å². The van der Waals surface area contributed by atoms with E-state index < -0.39 is 0 Å². The molecule has 34 heavy (non-hydrogen) atoms. The number of aryl methyl sites for hydroxylation is 1. The van der Waals surface area contributed by atoms with Gasteiger partial charge in [-0.2, -0.15) is 0 Å². The summed E-state index contributed by atoms with van der Waals surface area (Å²) in [6, 6.07) is 37.5. The lowest BCUT2D eigenvalue weighted by molar-refractivity contribution is 0.669. The second-order valence-corrected chi connectivity index (χ2v) is 9.42. The molecular formula is C33H24O. The van der Waals surface area contributed by atoms with Gasteiger partial charge in [0.15, 0.2) is 0 Å². The lowest BCUT2D eigenvalue weighted by Gasteiger charge is -2.15. The van der Waals surface area contributed by atoms with Crippen LogP contribution in [-0.2, 0) is 0 Å². The van der Waals surface area contributed by atoms with Crippen molar-refractivity contribution in [2.45, 2.75) is 19.8 Å². The Balaban J connectivity index is 1.49. The van der Waals surface area contributed by atoms with Crippen LogP contribution in [0, 0.1) is 6.92 Å². The van der Waals surface area contributed by atoms with E-state index in [0.29, 0.717) is 5.92 Å². The Labute approximate surface area is 199 Å². The third kappa shape index (κ3) is 2.74. The van der Waals surface area contributed by atoms with Crippen LogP contribution in [0.4, 0.5) is 0 Å². The number of furan rings is 1. The van der Waals surface area contributed by atoms with Crippen LogP contribution >= 0.6 is 0 Å². The standard InChI is InChI=1S/C33H24O/c1-20-8-7-13-32-33(20)30-19-23(15-17-31(30)34-32)22-14-16-28-26-11-5-3-9-24(26)21(2)25-10-4-6-12-27(25)29(28)18-22/h3-19,21H,1-2H3/t21-/m1/s1. The zero-order valence-electron chi connectivity index (χ0n) is 19.3. The Morgan fingerprint density at radius 2 is 1.24 bits per heavy atom. The zero-order chi connectivity index (χ0) is 22.8. The Hall–Kier alpha value is -4.10. The second kappa shape index (κ2) is 7.20. The molecule has 1 heterocycles. The van der Waals surface area contributed by atoms with Crippen molar-refractivity contribution in [2.24, 2.45) is 0 Å². The maximum absolute atomic E-state index is 6.13. The Morgan fingerprint density at radius 3 is 2.03 bits per heavy atom. The fraction of sp³-hybridized carbons (Fsp3) is 0.0909. The van der Waals surface area contributed by atoms with Gasteiger partial charge in [-0.1, -0.05) is 85.8 Å². The fourth-order valence-electron chi connectivity index (χ4n) is 5.77. The molecule has 1 aliphatic rings. The smallest absolute Gasteiger partial charge is 0.135 e. The van der Waals surface area contributed by atoms with Crippen molar-refractivity contribution >= 4 is 21.9 Å². The van der Waals surface area contributed by atoms with Crippen molar-refractivity contribution in [3.05, 3.63) is 120 Å². The molecule has 0 saturated carbocycles. The van der Waals surface area contributed by atoms with Gasteiger partial charge in [-0.25, -0.2) is 0 Å². The van der Waals surface area contributed by atoms with Crippen LogP contribution in [0.2, 0.25) is 0 Å². The first-order valence-electron chi connectivity index (χ1n) is 11.9. The second-order valence-electron chi connectivity index (χ2n) is 9.42.